The number of piperidine rings is 1. The molecule has 0 aliphatic carbocycles. The number of nitrogens with zero attached hydrogens (tertiary/aromatic N) is 1. The van der Waals surface area contributed by atoms with Crippen molar-refractivity contribution < 1.29 is 9.53 Å². The van der Waals surface area contributed by atoms with Gasteiger partial charge in [-0.3, -0.25) is 4.79 Å². The summed E-state index contributed by atoms with van der Waals surface area (Å²) in [6.07, 6.45) is 4.98. The first-order valence-electron chi connectivity index (χ1n) is 8.32. The molecule has 3 rings (SSSR count). The van der Waals surface area contributed by atoms with Crippen LogP contribution in [0.3, 0.4) is 0 Å². The molecule has 0 radical (unpaired) electrons. The van der Waals surface area contributed by atoms with Crippen LogP contribution >= 0.6 is 12.4 Å². The molecule has 2 fully saturated rings. The number of methoxy groups -OCH3 is 1. The van der Waals surface area contributed by atoms with Gasteiger partial charge in [0.25, 0.3) is 0 Å². The predicted octanol–water partition coefficient (Wildman–Crippen LogP) is 2.65. The quantitative estimate of drug-likeness (QED) is 0.917. The lowest BCUT2D eigenvalue weighted by molar-refractivity contribution is -0.133. The molecule has 0 saturated carbocycles. The smallest absolute Gasteiger partial charge is 0.222 e. The SMILES string of the molecule is COc1cccc(CCC(=O)N2CCC3(CCNC3)CC2)c1.Cl. The highest BCUT2D eigenvalue weighted by Crippen LogP contribution is 2.37. The van der Waals surface area contributed by atoms with Crippen molar-refractivity contribution in [2.24, 2.45) is 5.41 Å². The molecule has 5 heteroatoms. The third-order valence-electron chi connectivity index (χ3n) is 5.27. The van der Waals surface area contributed by atoms with Gasteiger partial charge in [-0.2, -0.15) is 0 Å². The van der Waals surface area contributed by atoms with E-state index < -0.39 is 0 Å². The Labute approximate surface area is 145 Å². The Morgan fingerprint density at radius 3 is 2.74 bits per heavy atom. The van der Waals surface area contributed by atoms with Crippen molar-refractivity contribution in [3.05, 3.63) is 29.8 Å². The number of halogens is 1. The molecular weight excluding hydrogens is 312 g/mol. The van der Waals surface area contributed by atoms with Gasteiger partial charge in [0.05, 0.1) is 7.11 Å². The van der Waals surface area contributed by atoms with Crippen LogP contribution < -0.4 is 10.1 Å². The van der Waals surface area contributed by atoms with Gasteiger partial charge >= 0.3 is 0 Å². The van der Waals surface area contributed by atoms with Crippen LogP contribution in [-0.2, 0) is 11.2 Å². The summed E-state index contributed by atoms with van der Waals surface area (Å²) in [4.78, 5) is 14.5. The molecule has 0 atom stereocenters. The molecule has 2 aliphatic heterocycles. The average Bonchev–Trinajstić information content (AvgIpc) is 3.01. The second-order valence-corrected chi connectivity index (χ2v) is 6.66. The number of nitrogens with one attached hydrogen (secondary N) is 1. The second kappa shape index (κ2) is 8.02. The van der Waals surface area contributed by atoms with Gasteiger partial charge in [-0.05, 0) is 55.3 Å². The number of likely N-dealkylation sites (tertiary alicyclic amines) is 1. The van der Waals surface area contributed by atoms with E-state index in [1.807, 2.05) is 18.2 Å². The summed E-state index contributed by atoms with van der Waals surface area (Å²) in [6, 6.07) is 8.00. The van der Waals surface area contributed by atoms with E-state index in [1.165, 1.54) is 12.0 Å². The zero-order chi connectivity index (χ0) is 15.4. The Kier molecular flexibility index (Phi) is 6.31. The van der Waals surface area contributed by atoms with Crippen LogP contribution in [-0.4, -0.2) is 44.1 Å². The highest BCUT2D eigenvalue weighted by molar-refractivity contribution is 5.85. The minimum absolute atomic E-state index is 0. The molecule has 1 amide bonds. The maximum atomic E-state index is 12.4. The van der Waals surface area contributed by atoms with E-state index in [9.17, 15) is 4.79 Å². The minimum atomic E-state index is 0. The molecule has 2 saturated heterocycles. The molecule has 0 unspecified atom stereocenters. The Morgan fingerprint density at radius 2 is 2.09 bits per heavy atom. The molecule has 1 N–H and O–H groups in total. The number of aryl methyl sites for hydroxylation is 1. The fourth-order valence-corrected chi connectivity index (χ4v) is 3.69. The lowest BCUT2D eigenvalue weighted by Gasteiger charge is -2.39. The van der Waals surface area contributed by atoms with E-state index in [2.05, 4.69) is 16.3 Å². The monoisotopic (exact) mass is 338 g/mol. The number of carbonyl (C=O) groups excluding carboxylic acids is 1. The third kappa shape index (κ3) is 4.39. The first-order valence-corrected chi connectivity index (χ1v) is 8.32. The van der Waals surface area contributed by atoms with E-state index in [1.54, 1.807) is 7.11 Å². The van der Waals surface area contributed by atoms with Crippen molar-refractivity contribution in [3.8, 4) is 5.75 Å². The Hall–Kier alpha value is -1.26. The van der Waals surface area contributed by atoms with Gasteiger partial charge in [-0.15, -0.1) is 12.4 Å². The molecule has 2 aliphatic rings. The van der Waals surface area contributed by atoms with Crippen LogP contribution in [0.15, 0.2) is 24.3 Å². The lowest BCUT2D eigenvalue weighted by atomic mass is 9.78. The van der Waals surface area contributed by atoms with E-state index >= 15 is 0 Å². The largest absolute Gasteiger partial charge is 0.497 e. The molecule has 1 aromatic carbocycles. The first-order chi connectivity index (χ1) is 10.7. The van der Waals surface area contributed by atoms with Crippen molar-refractivity contribution in [2.75, 3.05) is 33.3 Å². The Bertz CT molecular complexity index is 520. The van der Waals surface area contributed by atoms with Crippen LogP contribution in [0.4, 0.5) is 0 Å². The van der Waals surface area contributed by atoms with Crippen LogP contribution in [0.1, 0.15) is 31.2 Å². The van der Waals surface area contributed by atoms with Gasteiger partial charge in [0.1, 0.15) is 5.75 Å². The third-order valence-corrected chi connectivity index (χ3v) is 5.27. The summed E-state index contributed by atoms with van der Waals surface area (Å²) >= 11 is 0. The van der Waals surface area contributed by atoms with Gasteiger partial charge < -0.3 is 15.0 Å². The van der Waals surface area contributed by atoms with Crippen molar-refractivity contribution in [1.82, 2.24) is 10.2 Å². The first kappa shape index (κ1) is 18.1. The van der Waals surface area contributed by atoms with E-state index in [0.29, 0.717) is 17.7 Å². The van der Waals surface area contributed by atoms with Crippen molar-refractivity contribution in [3.63, 3.8) is 0 Å². The topological polar surface area (TPSA) is 41.6 Å². The maximum Gasteiger partial charge on any atom is 0.222 e. The van der Waals surface area contributed by atoms with Crippen LogP contribution in [0.5, 0.6) is 5.75 Å². The molecule has 1 aromatic rings. The van der Waals surface area contributed by atoms with Crippen molar-refractivity contribution in [2.45, 2.75) is 32.1 Å². The van der Waals surface area contributed by atoms with Crippen molar-refractivity contribution in [1.29, 1.82) is 0 Å². The molecule has 0 bridgehead atoms. The number of benzene rings is 1. The van der Waals surface area contributed by atoms with Gasteiger partial charge in [0.15, 0.2) is 0 Å². The number of carbonyl (C=O) groups is 1. The van der Waals surface area contributed by atoms with Crippen LogP contribution in [0, 0.1) is 5.41 Å². The average molecular weight is 339 g/mol. The predicted molar refractivity (Wildman–Crippen MR) is 94.3 cm³/mol. The second-order valence-electron chi connectivity index (χ2n) is 6.66. The Balaban J connectivity index is 0.00000192. The Morgan fingerprint density at radius 1 is 1.30 bits per heavy atom. The summed E-state index contributed by atoms with van der Waals surface area (Å²) in [5, 5.41) is 3.47. The summed E-state index contributed by atoms with van der Waals surface area (Å²) in [5.74, 6) is 1.15. The molecule has 128 valence electrons. The number of rotatable bonds is 4. The molecule has 23 heavy (non-hydrogen) atoms. The number of hydrogen-bond donors (Lipinski definition) is 1. The standard InChI is InChI=1S/C18H26N2O2.ClH/c1-22-16-4-2-3-15(13-16)5-6-17(21)20-11-8-18(9-12-20)7-10-19-14-18;/h2-4,13,19H,5-12,14H2,1H3;1H. The van der Waals surface area contributed by atoms with Gasteiger partial charge in [0, 0.05) is 26.1 Å². The van der Waals surface area contributed by atoms with E-state index in [-0.39, 0.29) is 12.4 Å². The summed E-state index contributed by atoms with van der Waals surface area (Å²) < 4.78 is 5.23. The molecule has 1 spiro atoms. The van der Waals surface area contributed by atoms with Crippen LogP contribution in [0.25, 0.3) is 0 Å². The number of ether oxygens (including phenoxy) is 1. The van der Waals surface area contributed by atoms with Gasteiger partial charge in [0.2, 0.25) is 5.91 Å². The van der Waals surface area contributed by atoms with Crippen molar-refractivity contribution >= 4 is 18.3 Å². The number of amides is 1. The summed E-state index contributed by atoms with van der Waals surface area (Å²) in [5.41, 5.74) is 1.64. The van der Waals surface area contributed by atoms with E-state index in [0.717, 1.165) is 51.2 Å². The zero-order valence-corrected chi connectivity index (χ0v) is 14.7. The molecule has 0 aromatic heterocycles. The van der Waals surface area contributed by atoms with Gasteiger partial charge in [-0.25, -0.2) is 0 Å². The fourth-order valence-electron chi connectivity index (χ4n) is 3.69. The minimum Gasteiger partial charge on any atom is -0.497 e. The summed E-state index contributed by atoms with van der Waals surface area (Å²) in [6.45, 7) is 4.14. The maximum absolute atomic E-state index is 12.4. The number of hydrogen-bond acceptors (Lipinski definition) is 3. The highest BCUT2D eigenvalue weighted by Gasteiger charge is 2.37. The van der Waals surface area contributed by atoms with Crippen LogP contribution in [0.2, 0.25) is 0 Å². The lowest BCUT2D eigenvalue weighted by Crippen LogP contribution is -2.44. The van der Waals surface area contributed by atoms with Gasteiger partial charge in [-0.1, -0.05) is 12.1 Å². The fraction of sp³-hybridized carbons (Fsp3) is 0.611. The molecule has 4 nitrogen and oxygen atoms in total. The summed E-state index contributed by atoms with van der Waals surface area (Å²) in [7, 11) is 1.67. The van der Waals surface area contributed by atoms with E-state index in [4.69, 9.17) is 4.74 Å². The zero-order valence-electron chi connectivity index (χ0n) is 13.8. The molecule has 2 heterocycles. The molecular formula is C18H27ClN2O2. The normalized spacial score (nSPS) is 19.4. The highest BCUT2D eigenvalue weighted by atomic mass is 35.5.